The summed E-state index contributed by atoms with van der Waals surface area (Å²) in [6.45, 7) is 9.52. The second-order valence-corrected chi connectivity index (χ2v) is 5.18. The van der Waals surface area contributed by atoms with Crippen molar-refractivity contribution in [3.05, 3.63) is 23.5 Å². The molecule has 2 aromatic rings. The fraction of sp³-hybridized carbons (Fsp3) is 0.462. The zero-order valence-electron chi connectivity index (χ0n) is 11.9. The molecular weight excluding hydrogens is 264 g/mol. The van der Waals surface area contributed by atoms with E-state index in [1.165, 1.54) is 4.52 Å². The monoisotopic (exact) mass is 282 g/mol. The highest BCUT2D eigenvalue weighted by molar-refractivity contribution is 6.29. The number of nitrogens with one attached hydrogen (secondary N) is 1. The van der Waals surface area contributed by atoms with E-state index >= 15 is 0 Å². The molecule has 0 radical (unpaired) electrons. The molecule has 0 aromatic carbocycles. The smallest absolute Gasteiger partial charge is 0.230 e. The first-order valence-corrected chi connectivity index (χ1v) is 6.57. The van der Waals surface area contributed by atoms with E-state index in [0.29, 0.717) is 16.6 Å². The molecule has 104 valence electrons. The van der Waals surface area contributed by atoms with Crippen LogP contribution in [0.5, 0.6) is 0 Å². The first kappa shape index (κ1) is 15.4. The van der Waals surface area contributed by atoms with Crippen molar-refractivity contribution in [1.29, 1.82) is 0 Å². The number of anilines is 1. The van der Waals surface area contributed by atoms with Crippen molar-refractivity contribution in [2.45, 2.75) is 34.6 Å². The largest absolute Gasteiger partial charge is 0.309 e. The highest BCUT2D eigenvalue weighted by atomic mass is 35.5. The van der Waals surface area contributed by atoms with Gasteiger partial charge in [0.25, 0.3) is 0 Å². The average Bonchev–Trinajstić information content (AvgIpc) is 2.71. The predicted molar refractivity (Wildman–Crippen MR) is 77.4 cm³/mol. The van der Waals surface area contributed by atoms with Gasteiger partial charge in [-0.25, -0.2) is 9.50 Å². The number of carbonyl (C=O) groups is 1. The third-order valence-corrected chi connectivity index (χ3v) is 2.41. The highest BCUT2D eigenvalue weighted by Crippen LogP contribution is 2.17. The van der Waals surface area contributed by atoms with E-state index in [1.54, 1.807) is 18.3 Å². The van der Waals surface area contributed by atoms with Crippen LogP contribution in [0.15, 0.2) is 18.3 Å². The SMILES string of the molecule is CC.CC(C)(C)C(=O)Nc1cn2nc(Cl)ccc2n1. The van der Waals surface area contributed by atoms with Gasteiger partial charge >= 0.3 is 0 Å². The maximum Gasteiger partial charge on any atom is 0.230 e. The molecule has 0 spiro atoms. The average molecular weight is 283 g/mol. The Labute approximate surface area is 118 Å². The Kier molecular flexibility index (Phi) is 4.89. The molecule has 2 rings (SSSR count). The number of nitrogens with zero attached hydrogens (tertiary/aromatic N) is 3. The number of carbonyl (C=O) groups excluding carboxylic acids is 1. The van der Waals surface area contributed by atoms with Crippen LogP contribution < -0.4 is 5.32 Å². The van der Waals surface area contributed by atoms with Crippen molar-refractivity contribution in [2.75, 3.05) is 5.32 Å². The molecule has 0 fully saturated rings. The summed E-state index contributed by atoms with van der Waals surface area (Å²) >= 11 is 5.76. The second kappa shape index (κ2) is 6.02. The lowest BCUT2D eigenvalue weighted by molar-refractivity contribution is -0.123. The van der Waals surface area contributed by atoms with Gasteiger partial charge in [0, 0.05) is 5.41 Å². The molecule has 0 saturated carbocycles. The summed E-state index contributed by atoms with van der Waals surface area (Å²) in [5.41, 5.74) is 0.180. The second-order valence-electron chi connectivity index (χ2n) is 4.79. The summed E-state index contributed by atoms with van der Waals surface area (Å²) in [5, 5.41) is 7.15. The Morgan fingerprint density at radius 2 is 1.95 bits per heavy atom. The number of imidazole rings is 1. The maximum atomic E-state index is 11.8. The first-order chi connectivity index (χ1) is 8.86. The molecule has 1 amide bonds. The van der Waals surface area contributed by atoms with Gasteiger partial charge in [-0.15, -0.1) is 0 Å². The van der Waals surface area contributed by atoms with Crippen LogP contribution >= 0.6 is 11.6 Å². The number of aromatic nitrogens is 3. The van der Waals surface area contributed by atoms with Gasteiger partial charge in [0.2, 0.25) is 5.91 Å². The van der Waals surface area contributed by atoms with Crippen LogP contribution in [0, 0.1) is 5.41 Å². The van der Waals surface area contributed by atoms with E-state index in [2.05, 4.69) is 15.4 Å². The number of fused-ring (bicyclic) bond motifs is 1. The lowest BCUT2D eigenvalue weighted by Gasteiger charge is -2.15. The Bertz CT molecular complexity index is 572. The lowest BCUT2D eigenvalue weighted by Crippen LogP contribution is -2.27. The Morgan fingerprint density at radius 3 is 2.53 bits per heavy atom. The van der Waals surface area contributed by atoms with Gasteiger partial charge in [0.1, 0.15) is 5.15 Å². The van der Waals surface area contributed by atoms with E-state index in [-0.39, 0.29) is 5.91 Å². The molecule has 0 saturated heterocycles. The van der Waals surface area contributed by atoms with E-state index in [9.17, 15) is 4.79 Å². The lowest BCUT2D eigenvalue weighted by atomic mass is 9.96. The Balaban J connectivity index is 0.000000861. The molecule has 0 unspecified atom stereocenters. The molecule has 2 heterocycles. The fourth-order valence-electron chi connectivity index (χ4n) is 1.22. The van der Waals surface area contributed by atoms with Gasteiger partial charge in [-0.05, 0) is 12.1 Å². The normalized spacial score (nSPS) is 10.8. The molecule has 0 aliphatic heterocycles. The number of halogens is 1. The standard InChI is InChI=1S/C11H13ClN4O.C2H6/c1-11(2,3)10(17)14-8-6-16-9(13-8)5-4-7(12)15-16;1-2/h4-6H,1-3H3,(H,14,17);1-2H3. The van der Waals surface area contributed by atoms with Gasteiger partial charge in [0.15, 0.2) is 11.5 Å². The van der Waals surface area contributed by atoms with E-state index in [4.69, 9.17) is 11.6 Å². The molecule has 0 aliphatic carbocycles. The van der Waals surface area contributed by atoms with Crippen molar-refractivity contribution in [1.82, 2.24) is 14.6 Å². The van der Waals surface area contributed by atoms with Crippen LogP contribution in [-0.4, -0.2) is 20.5 Å². The summed E-state index contributed by atoms with van der Waals surface area (Å²) in [7, 11) is 0. The van der Waals surface area contributed by atoms with Crippen LogP contribution in [0.4, 0.5) is 5.82 Å². The summed E-state index contributed by atoms with van der Waals surface area (Å²) in [5.74, 6) is 0.381. The van der Waals surface area contributed by atoms with Crippen LogP contribution in [0.3, 0.4) is 0 Å². The van der Waals surface area contributed by atoms with E-state index < -0.39 is 5.41 Å². The number of hydrogen-bond donors (Lipinski definition) is 1. The van der Waals surface area contributed by atoms with Crippen molar-refractivity contribution < 1.29 is 4.79 Å². The number of hydrogen-bond acceptors (Lipinski definition) is 3. The van der Waals surface area contributed by atoms with Crippen molar-refractivity contribution >= 4 is 29.0 Å². The Morgan fingerprint density at radius 1 is 1.32 bits per heavy atom. The predicted octanol–water partition coefficient (Wildman–Crippen LogP) is 3.39. The summed E-state index contributed by atoms with van der Waals surface area (Å²) in [6, 6.07) is 3.39. The number of rotatable bonds is 1. The van der Waals surface area contributed by atoms with Gasteiger partial charge < -0.3 is 5.32 Å². The third-order valence-electron chi connectivity index (χ3n) is 2.21. The summed E-state index contributed by atoms with van der Waals surface area (Å²) in [4.78, 5) is 16.0. The highest BCUT2D eigenvalue weighted by Gasteiger charge is 2.22. The minimum Gasteiger partial charge on any atom is -0.309 e. The van der Waals surface area contributed by atoms with Gasteiger partial charge in [-0.3, -0.25) is 4.79 Å². The van der Waals surface area contributed by atoms with Crippen molar-refractivity contribution in [3.63, 3.8) is 0 Å². The van der Waals surface area contributed by atoms with Crippen molar-refractivity contribution in [3.8, 4) is 0 Å². The quantitative estimate of drug-likeness (QED) is 0.872. The van der Waals surface area contributed by atoms with Gasteiger partial charge in [-0.2, -0.15) is 5.10 Å². The van der Waals surface area contributed by atoms with E-state index in [1.807, 2.05) is 34.6 Å². The molecule has 6 heteroatoms. The first-order valence-electron chi connectivity index (χ1n) is 6.20. The Hall–Kier alpha value is -1.62. The minimum atomic E-state index is -0.457. The minimum absolute atomic E-state index is 0.0907. The zero-order chi connectivity index (χ0) is 14.6. The fourth-order valence-corrected chi connectivity index (χ4v) is 1.37. The molecular formula is C13H19ClN4O. The molecule has 0 aliphatic rings. The summed E-state index contributed by atoms with van der Waals surface area (Å²) in [6.07, 6.45) is 1.63. The molecule has 5 nitrogen and oxygen atoms in total. The maximum absolute atomic E-state index is 11.8. The molecule has 2 aromatic heterocycles. The summed E-state index contributed by atoms with van der Waals surface area (Å²) < 4.78 is 1.53. The van der Waals surface area contributed by atoms with Crippen molar-refractivity contribution in [2.24, 2.45) is 5.41 Å². The van der Waals surface area contributed by atoms with Crippen LogP contribution in [-0.2, 0) is 4.79 Å². The molecule has 0 atom stereocenters. The molecule has 1 N–H and O–H groups in total. The van der Waals surface area contributed by atoms with Crippen LogP contribution in [0.25, 0.3) is 5.65 Å². The van der Waals surface area contributed by atoms with Gasteiger partial charge in [-0.1, -0.05) is 46.2 Å². The van der Waals surface area contributed by atoms with Crippen LogP contribution in [0.2, 0.25) is 5.15 Å². The zero-order valence-corrected chi connectivity index (χ0v) is 12.6. The molecule has 19 heavy (non-hydrogen) atoms. The topological polar surface area (TPSA) is 59.3 Å². The van der Waals surface area contributed by atoms with E-state index in [0.717, 1.165) is 0 Å². The van der Waals surface area contributed by atoms with Gasteiger partial charge in [0.05, 0.1) is 6.20 Å². The number of amides is 1. The third kappa shape index (κ3) is 3.92. The van der Waals surface area contributed by atoms with Crippen LogP contribution in [0.1, 0.15) is 34.6 Å². The molecule has 0 bridgehead atoms.